The molecule has 6 nitrogen and oxygen atoms in total. The number of benzene rings is 1. The molecule has 7 heteroatoms. The van der Waals surface area contributed by atoms with E-state index in [2.05, 4.69) is 17.1 Å². The van der Waals surface area contributed by atoms with Gasteiger partial charge in [0.05, 0.1) is 0 Å². The van der Waals surface area contributed by atoms with Crippen molar-refractivity contribution in [1.29, 1.82) is 0 Å². The molecule has 0 saturated carbocycles. The van der Waals surface area contributed by atoms with E-state index in [4.69, 9.17) is 9.47 Å². The van der Waals surface area contributed by atoms with Gasteiger partial charge in [0.1, 0.15) is 10.0 Å². The number of carbonyl (C=O) groups excluding carboxylic acids is 1. The Balaban J connectivity index is 1.41. The fraction of sp³-hybridized carbons (Fsp3) is 0.471. The Morgan fingerprint density at radius 2 is 2.04 bits per heavy atom. The summed E-state index contributed by atoms with van der Waals surface area (Å²) in [6.45, 7) is 3.81. The number of fused-ring (bicyclic) bond motifs is 1. The maximum Gasteiger partial charge on any atom is 0.253 e. The van der Waals surface area contributed by atoms with Crippen molar-refractivity contribution in [2.24, 2.45) is 0 Å². The van der Waals surface area contributed by atoms with Crippen LogP contribution in [0.4, 0.5) is 0 Å². The molecule has 0 bridgehead atoms. The van der Waals surface area contributed by atoms with E-state index in [9.17, 15) is 4.79 Å². The number of hydrogen-bond acceptors (Lipinski definition) is 6. The molecule has 0 spiro atoms. The Hall–Kier alpha value is -2.15. The predicted octanol–water partition coefficient (Wildman–Crippen LogP) is 2.85. The molecule has 0 aliphatic carbocycles. The first-order chi connectivity index (χ1) is 11.7. The molecule has 3 heterocycles. The van der Waals surface area contributed by atoms with Crippen LogP contribution in [-0.4, -0.2) is 40.9 Å². The number of amides is 1. The second-order valence-electron chi connectivity index (χ2n) is 6.02. The number of aryl methyl sites for hydroxylation is 1. The summed E-state index contributed by atoms with van der Waals surface area (Å²) in [4.78, 5) is 14.6. The summed E-state index contributed by atoms with van der Waals surface area (Å²) in [5.74, 6) is 1.83. The Labute approximate surface area is 144 Å². The quantitative estimate of drug-likeness (QED) is 0.856. The number of carbonyl (C=O) groups is 1. The van der Waals surface area contributed by atoms with E-state index in [1.807, 2.05) is 4.90 Å². The molecule has 4 rings (SSSR count). The molecular formula is C17H19N3O3S. The highest BCUT2D eigenvalue weighted by Crippen LogP contribution is 2.34. The van der Waals surface area contributed by atoms with Gasteiger partial charge in [-0.25, -0.2) is 0 Å². The van der Waals surface area contributed by atoms with Crippen LogP contribution in [0.5, 0.6) is 11.5 Å². The van der Waals surface area contributed by atoms with Crippen molar-refractivity contribution >= 4 is 17.2 Å². The second-order valence-corrected chi connectivity index (χ2v) is 7.12. The summed E-state index contributed by atoms with van der Waals surface area (Å²) in [6, 6.07) is 5.38. The molecule has 2 aliphatic rings. The Bertz CT molecular complexity index is 753. The van der Waals surface area contributed by atoms with E-state index in [1.165, 1.54) is 0 Å². The normalized spacial score (nSPS) is 17.3. The number of nitrogens with zero attached hydrogens (tertiary/aromatic N) is 3. The number of ether oxygens (including phenoxy) is 2. The smallest absolute Gasteiger partial charge is 0.253 e. The van der Waals surface area contributed by atoms with E-state index in [-0.39, 0.29) is 12.7 Å². The highest BCUT2D eigenvalue weighted by atomic mass is 32.1. The SMILES string of the molecule is CCc1nnc(C2CCN(C(=O)c3ccc4c(c3)OCO4)CC2)s1. The van der Waals surface area contributed by atoms with E-state index >= 15 is 0 Å². The van der Waals surface area contributed by atoms with Crippen LogP contribution in [0, 0.1) is 0 Å². The van der Waals surface area contributed by atoms with Crippen LogP contribution in [0.15, 0.2) is 18.2 Å². The molecule has 24 heavy (non-hydrogen) atoms. The van der Waals surface area contributed by atoms with Crippen LogP contribution in [-0.2, 0) is 6.42 Å². The van der Waals surface area contributed by atoms with Crippen molar-refractivity contribution in [2.45, 2.75) is 32.1 Å². The van der Waals surface area contributed by atoms with Crippen molar-refractivity contribution in [3.05, 3.63) is 33.8 Å². The lowest BCUT2D eigenvalue weighted by Crippen LogP contribution is -2.37. The molecule has 2 aliphatic heterocycles. The standard InChI is InChI=1S/C17H19N3O3S/c1-2-15-18-19-16(24-15)11-5-7-20(8-6-11)17(21)12-3-4-13-14(9-12)23-10-22-13/h3-4,9,11H,2,5-8,10H2,1H3. The van der Waals surface area contributed by atoms with Crippen LogP contribution in [0.2, 0.25) is 0 Å². The summed E-state index contributed by atoms with van der Waals surface area (Å²) in [5, 5.41) is 10.7. The number of piperidine rings is 1. The minimum Gasteiger partial charge on any atom is -0.454 e. The van der Waals surface area contributed by atoms with Crippen molar-refractivity contribution in [1.82, 2.24) is 15.1 Å². The van der Waals surface area contributed by atoms with Crippen molar-refractivity contribution in [3.8, 4) is 11.5 Å². The molecule has 126 valence electrons. The molecule has 2 aromatic rings. The molecule has 0 radical (unpaired) electrons. The highest BCUT2D eigenvalue weighted by Gasteiger charge is 2.27. The maximum absolute atomic E-state index is 12.7. The Morgan fingerprint density at radius 1 is 1.25 bits per heavy atom. The minimum atomic E-state index is 0.0539. The third kappa shape index (κ3) is 2.84. The largest absolute Gasteiger partial charge is 0.454 e. The van der Waals surface area contributed by atoms with Gasteiger partial charge in [0, 0.05) is 24.6 Å². The number of hydrogen-bond donors (Lipinski definition) is 0. The molecule has 1 fully saturated rings. The zero-order valence-corrected chi connectivity index (χ0v) is 14.3. The molecule has 0 unspecified atom stereocenters. The molecule has 1 amide bonds. The van der Waals surface area contributed by atoms with Gasteiger partial charge in [-0.2, -0.15) is 0 Å². The lowest BCUT2D eigenvalue weighted by molar-refractivity contribution is 0.0712. The van der Waals surface area contributed by atoms with Gasteiger partial charge in [-0.05, 0) is 37.5 Å². The first-order valence-electron chi connectivity index (χ1n) is 8.26. The molecule has 0 N–H and O–H groups in total. The van der Waals surface area contributed by atoms with Gasteiger partial charge < -0.3 is 14.4 Å². The Kier molecular flexibility index (Phi) is 4.10. The van der Waals surface area contributed by atoms with Crippen LogP contribution in [0.1, 0.15) is 46.1 Å². The van der Waals surface area contributed by atoms with Crippen molar-refractivity contribution in [2.75, 3.05) is 19.9 Å². The number of aromatic nitrogens is 2. The van der Waals surface area contributed by atoms with Gasteiger partial charge in [-0.15, -0.1) is 21.5 Å². The first-order valence-corrected chi connectivity index (χ1v) is 9.07. The van der Waals surface area contributed by atoms with Gasteiger partial charge >= 0.3 is 0 Å². The molecule has 1 saturated heterocycles. The van der Waals surface area contributed by atoms with Gasteiger partial charge in [0.25, 0.3) is 5.91 Å². The zero-order chi connectivity index (χ0) is 16.5. The molecule has 0 atom stereocenters. The topological polar surface area (TPSA) is 64.6 Å². The van der Waals surface area contributed by atoms with E-state index in [1.54, 1.807) is 29.5 Å². The van der Waals surface area contributed by atoms with Gasteiger partial charge in [0.2, 0.25) is 6.79 Å². The first kappa shape index (κ1) is 15.4. The zero-order valence-electron chi connectivity index (χ0n) is 13.5. The summed E-state index contributed by atoms with van der Waals surface area (Å²) >= 11 is 1.70. The summed E-state index contributed by atoms with van der Waals surface area (Å²) in [5.41, 5.74) is 0.655. The average molecular weight is 345 g/mol. The average Bonchev–Trinajstić information content (AvgIpc) is 3.29. The van der Waals surface area contributed by atoms with Gasteiger partial charge in [-0.1, -0.05) is 6.92 Å². The van der Waals surface area contributed by atoms with Crippen LogP contribution in [0.3, 0.4) is 0 Å². The lowest BCUT2D eigenvalue weighted by Gasteiger charge is -2.31. The van der Waals surface area contributed by atoms with Crippen molar-refractivity contribution < 1.29 is 14.3 Å². The molecule has 1 aromatic heterocycles. The number of likely N-dealkylation sites (tertiary alicyclic amines) is 1. The van der Waals surface area contributed by atoms with Crippen LogP contribution in [0.25, 0.3) is 0 Å². The summed E-state index contributed by atoms with van der Waals surface area (Å²) < 4.78 is 10.7. The summed E-state index contributed by atoms with van der Waals surface area (Å²) in [7, 11) is 0. The van der Waals surface area contributed by atoms with E-state index < -0.39 is 0 Å². The maximum atomic E-state index is 12.7. The third-order valence-corrected chi connectivity index (χ3v) is 5.77. The predicted molar refractivity (Wildman–Crippen MR) is 89.7 cm³/mol. The molecular weight excluding hydrogens is 326 g/mol. The lowest BCUT2D eigenvalue weighted by atomic mass is 9.97. The number of rotatable bonds is 3. The summed E-state index contributed by atoms with van der Waals surface area (Å²) in [6.07, 6.45) is 2.81. The van der Waals surface area contributed by atoms with Crippen molar-refractivity contribution in [3.63, 3.8) is 0 Å². The second kappa shape index (κ2) is 6.39. The van der Waals surface area contributed by atoms with Gasteiger partial charge in [-0.3, -0.25) is 4.79 Å². The van der Waals surface area contributed by atoms with E-state index in [0.29, 0.717) is 23.0 Å². The third-order valence-electron chi connectivity index (χ3n) is 4.54. The molecule has 1 aromatic carbocycles. The fourth-order valence-corrected chi connectivity index (χ4v) is 4.07. The van der Waals surface area contributed by atoms with Crippen LogP contribution < -0.4 is 9.47 Å². The fourth-order valence-electron chi connectivity index (χ4n) is 3.12. The Morgan fingerprint density at radius 3 is 2.79 bits per heavy atom. The van der Waals surface area contributed by atoms with Gasteiger partial charge in [0.15, 0.2) is 11.5 Å². The highest BCUT2D eigenvalue weighted by molar-refractivity contribution is 7.11. The van der Waals surface area contributed by atoms with Crippen LogP contribution >= 0.6 is 11.3 Å². The monoisotopic (exact) mass is 345 g/mol. The van der Waals surface area contributed by atoms with E-state index in [0.717, 1.165) is 42.4 Å². The minimum absolute atomic E-state index is 0.0539.